The lowest BCUT2D eigenvalue weighted by Gasteiger charge is -2.27. The number of rotatable bonds is 3. The minimum Gasteiger partial charge on any atom is -0.378 e. The smallest absolute Gasteiger partial charge is 0.332 e. The van der Waals surface area contributed by atoms with Crippen molar-refractivity contribution in [3.63, 3.8) is 0 Å². The van der Waals surface area contributed by atoms with Gasteiger partial charge in [-0.2, -0.15) is 0 Å². The summed E-state index contributed by atoms with van der Waals surface area (Å²) >= 11 is 0. The Morgan fingerprint density at radius 1 is 1.08 bits per heavy atom. The first-order chi connectivity index (χ1) is 12.4. The zero-order chi connectivity index (χ0) is 19.0. The lowest BCUT2D eigenvalue weighted by molar-refractivity contribution is 0.0304. The topological polar surface area (TPSA) is 95.5 Å². The van der Waals surface area contributed by atoms with Crippen LogP contribution in [0.25, 0.3) is 11.0 Å². The second-order valence-electron chi connectivity index (χ2n) is 6.13. The van der Waals surface area contributed by atoms with E-state index in [4.69, 9.17) is 4.74 Å². The SMILES string of the molecule is CCn1c(=O)c2c(C(=O)N3CCOCC3)cc(=O)n(CC)c2n(C)c1=O. The number of nitrogens with zero attached hydrogens (tertiary/aromatic N) is 4. The summed E-state index contributed by atoms with van der Waals surface area (Å²) in [5, 5.41) is 0.104. The van der Waals surface area contributed by atoms with Crippen molar-refractivity contribution < 1.29 is 9.53 Å². The maximum absolute atomic E-state index is 13.0. The van der Waals surface area contributed by atoms with E-state index in [1.807, 2.05) is 0 Å². The highest BCUT2D eigenvalue weighted by molar-refractivity contribution is 6.05. The number of fused-ring (bicyclic) bond motifs is 1. The molecule has 0 aliphatic carbocycles. The van der Waals surface area contributed by atoms with Gasteiger partial charge in [-0.1, -0.05) is 0 Å². The Morgan fingerprint density at radius 3 is 2.27 bits per heavy atom. The van der Waals surface area contributed by atoms with Crippen molar-refractivity contribution in [1.29, 1.82) is 0 Å². The van der Waals surface area contributed by atoms with E-state index in [1.54, 1.807) is 18.7 Å². The maximum Gasteiger partial charge on any atom is 0.332 e. The molecule has 0 N–H and O–H groups in total. The molecule has 140 valence electrons. The molecule has 3 heterocycles. The monoisotopic (exact) mass is 362 g/mol. The van der Waals surface area contributed by atoms with Crippen LogP contribution in [0.1, 0.15) is 24.2 Å². The van der Waals surface area contributed by atoms with Gasteiger partial charge in [0.1, 0.15) is 5.65 Å². The van der Waals surface area contributed by atoms with Crippen LogP contribution >= 0.6 is 0 Å². The van der Waals surface area contributed by atoms with Crippen molar-refractivity contribution in [3.8, 4) is 0 Å². The maximum atomic E-state index is 13.0. The lowest BCUT2D eigenvalue weighted by Crippen LogP contribution is -2.44. The molecule has 1 fully saturated rings. The standard InChI is InChI=1S/C17H22N4O5/c1-4-20-12(22)10-11(15(23)19-6-8-26-9-7-19)13-14(20)18(3)17(25)21(5-2)16(13)24/h10H,4-9H2,1-3H3. The molecule has 3 rings (SSSR count). The number of aryl methyl sites for hydroxylation is 2. The van der Waals surface area contributed by atoms with Gasteiger partial charge in [-0.25, -0.2) is 4.79 Å². The summed E-state index contributed by atoms with van der Waals surface area (Å²) in [6.07, 6.45) is 0. The molecule has 0 unspecified atom stereocenters. The molecule has 0 atom stereocenters. The minimum atomic E-state index is -0.551. The van der Waals surface area contributed by atoms with Gasteiger partial charge in [0.05, 0.1) is 24.2 Å². The predicted octanol–water partition coefficient (Wildman–Crippen LogP) is -0.626. The summed E-state index contributed by atoms with van der Waals surface area (Å²) in [7, 11) is 1.50. The van der Waals surface area contributed by atoms with Crippen LogP contribution in [-0.4, -0.2) is 50.8 Å². The second-order valence-corrected chi connectivity index (χ2v) is 6.13. The fraction of sp³-hybridized carbons (Fsp3) is 0.529. The number of ether oxygens (including phenoxy) is 1. The van der Waals surface area contributed by atoms with Gasteiger partial charge in [0.25, 0.3) is 17.0 Å². The Balaban J connectivity index is 2.42. The van der Waals surface area contributed by atoms with E-state index in [1.165, 1.54) is 22.2 Å². The van der Waals surface area contributed by atoms with Gasteiger partial charge in [0, 0.05) is 39.3 Å². The first kappa shape index (κ1) is 18.1. The molecule has 1 saturated heterocycles. The average Bonchev–Trinajstić information content (AvgIpc) is 2.66. The summed E-state index contributed by atoms with van der Waals surface area (Å²) in [5.41, 5.74) is -1.26. The van der Waals surface area contributed by atoms with Gasteiger partial charge in [0.15, 0.2) is 0 Å². The summed E-state index contributed by atoms with van der Waals surface area (Å²) in [6, 6.07) is 1.20. The van der Waals surface area contributed by atoms with E-state index in [0.717, 1.165) is 4.57 Å². The van der Waals surface area contributed by atoms with Crippen LogP contribution in [0.2, 0.25) is 0 Å². The van der Waals surface area contributed by atoms with Gasteiger partial charge in [0.2, 0.25) is 0 Å². The van der Waals surface area contributed by atoms with Gasteiger partial charge < -0.3 is 9.64 Å². The van der Waals surface area contributed by atoms with Crippen molar-refractivity contribution in [2.45, 2.75) is 26.9 Å². The Bertz CT molecular complexity index is 1040. The van der Waals surface area contributed by atoms with Gasteiger partial charge >= 0.3 is 5.69 Å². The molecule has 0 aromatic carbocycles. The number of amides is 1. The molecule has 0 spiro atoms. The molecular formula is C17H22N4O5. The number of carbonyl (C=O) groups is 1. The molecule has 9 nitrogen and oxygen atoms in total. The molecule has 2 aromatic rings. The second kappa shape index (κ2) is 6.91. The van der Waals surface area contributed by atoms with Gasteiger partial charge in [-0.15, -0.1) is 0 Å². The van der Waals surface area contributed by atoms with E-state index in [-0.39, 0.29) is 29.7 Å². The lowest BCUT2D eigenvalue weighted by atomic mass is 10.1. The molecule has 0 saturated carbocycles. The Hall–Kier alpha value is -2.68. The number of pyridine rings is 1. The van der Waals surface area contributed by atoms with Crippen molar-refractivity contribution in [3.05, 3.63) is 42.8 Å². The molecule has 0 radical (unpaired) electrons. The first-order valence-electron chi connectivity index (χ1n) is 8.66. The van der Waals surface area contributed by atoms with Crippen LogP contribution in [0.5, 0.6) is 0 Å². The van der Waals surface area contributed by atoms with Gasteiger partial charge in [-0.05, 0) is 13.8 Å². The molecule has 26 heavy (non-hydrogen) atoms. The van der Waals surface area contributed by atoms with Crippen LogP contribution in [0.4, 0.5) is 0 Å². The largest absolute Gasteiger partial charge is 0.378 e. The third-order valence-electron chi connectivity index (χ3n) is 4.74. The number of carbonyl (C=O) groups excluding carboxylic acids is 1. The number of morpholine rings is 1. The molecule has 2 aromatic heterocycles. The fourth-order valence-corrected chi connectivity index (χ4v) is 3.38. The number of hydrogen-bond donors (Lipinski definition) is 0. The highest BCUT2D eigenvalue weighted by Crippen LogP contribution is 2.15. The van der Waals surface area contributed by atoms with E-state index in [0.29, 0.717) is 26.3 Å². The van der Waals surface area contributed by atoms with E-state index >= 15 is 0 Å². The highest BCUT2D eigenvalue weighted by Gasteiger charge is 2.26. The van der Waals surface area contributed by atoms with E-state index in [9.17, 15) is 19.2 Å². The summed E-state index contributed by atoms with van der Waals surface area (Å²) in [4.78, 5) is 52.6. The zero-order valence-corrected chi connectivity index (χ0v) is 15.2. The third kappa shape index (κ3) is 2.68. The number of hydrogen-bond acceptors (Lipinski definition) is 5. The van der Waals surface area contributed by atoms with Crippen LogP contribution in [0.15, 0.2) is 20.4 Å². The van der Waals surface area contributed by atoms with Gasteiger partial charge in [-0.3, -0.25) is 28.1 Å². The van der Waals surface area contributed by atoms with E-state index in [2.05, 4.69) is 0 Å². The highest BCUT2D eigenvalue weighted by atomic mass is 16.5. The molecule has 1 amide bonds. The van der Waals surface area contributed by atoms with Crippen molar-refractivity contribution in [2.24, 2.45) is 7.05 Å². The minimum absolute atomic E-state index is 0.0411. The quantitative estimate of drug-likeness (QED) is 0.725. The molecule has 9 heteroatoms. The van der Waals surface area contributed by atoms with Crippen LogP contribution < -0.4 is 16.8 Å². The van der Waals surface area contributed by atoms with Crippen molar-refractivity contribution >= 4 is 16.9 Å². The van der Waals surface area contributed by atoms with Crippen molar-refractivity contribution in [1.82, 2.24) is 18.6 Å². The van der Waals surface area contributed by atoms with E-state index < -0.39 is 22.7 Å². The summed E-state index contributed by atoms with van der Waals surface area (Å²) in [6.45, 7) is 5.51. The van der Waals surface area contributed by atoms with Crippen LogP contribution in [-0.2, 0) is 24.9 Å². The predicted molar refractivity (Wildman–Crippen MR) is 95.8 cm³/mol. The van der Waals surface area contributed by atoms with Crippen molar-refractivity contribution in [2.75, 3.05) is 26.3 Å². The first-order valence-corrected chi connectivity index (χ1v) is 8.66. The Kier molecular flexibility index (Phi) is 4.82. The van der Waals surface area contributed by atoms with Crippen LogP contribution in [0, 0.1) is 0 Å². The summed E-state index contributed by atoms with van der Waals surface area (Å²) in [5.74, 6) is -0.392. The normalized spacial score (nSPS) is 14.8. The Morgan fingerprint density at radius 2 is 1.69 bits per heavy atom. The average molecular weight is 362 g/mol. The van der Waals surface area contributed by atoms with Crippen LogP contribution in [0.3, 0.4) is 0 Å². The molecule has 1 aliphatic heterocycles. The summed E-state index contributed by atoms with van der Waals surface area (Å²) < 4.78 is 8.94. The Labute approximate surface area is 149 Å². The molecular weight excluding hydrogens is 340 g/mol. The third-order valence-corrected chi connectivity index (χ3v) is 4.74. The molecule has 0 bridgehead atoms. The number of aromatic nitrogens is 3. The molecule has 1 aliphatic rings. The zero-order valence-electron chi connectivity index (χ0n) is 15.2. The fourth-order valence-electron chi connectivity index (χ4n) is 3.38.